The van der Waals surface area contributed by atoms with Crippen LogP contribution in [-0.2, 0) is 28.6 Å². The molecule has 0 aromatic heterocycles. The van der Waals surface area contributed by atoms with Crippen LogP contribution in [0.3, 0.4) is 0 Å². The van der Waals surface area contributed by atoms with Crippen LogP contribution in [0.1, 0.15) is 349 Å². The van der Waals surface area contributed by atoms with Crippen molar-refractivity contribution in [3.63, 3.8) is 0 Å². The van der Waals surface area contributed by atoms with Gasteiger partial charge in [0.1, 0.15) is 13.2 Å². The summed E-state index contributed by atoms with van der Waals surface area (Å²) in [6.07, 6.45) is 59.5. The van der Waals surface area contributed by atoms with E-state index in [0.29, 0.717) is 19.3 Å². The molecule has 0 rings (SSSR count). The summed E-state index contributed by atoms with van der Waals surface area (Å²) in [5.74, 6) is 0.868. The molecular weight excluding hydrogens is 841 g/mol. The summed E-state index contributed by atoms with van der Waals surface area (Å²) >= 11 is 0. The lowest BCUT2D eigenvalue weighted by Gasteiger charge is -2.18. The van der Waals surface area contributed by atoms with Gasteiger partial charge in [0.25, 0.3) is 0 Å². The van der Waals surface area contributed by atoms with Crippen molar-refractivity contribution >= 4 is 17.9 Å². The van der Waals surface area contributed by atoms with Crippen molar-refractivity contribution in [1.82, 2.24) is 0 Å². The number of unbranched alkanes of at least 4 members (excludes halogenated alkanes) is 41. The number of hydrogen-bond donors (Lipinski definition) is 0. The van der Waals surface area contributed by atoms with Crippen molar-refractivity contribution in [3.05, 3.63) is 0 Å². The average molecular weight is 962 g/mol. The molecule has 404 valence electrons. The van der Waals surface area contributed by atoms with Crippen LogP contribution in [-0.4, -0.2) is 37.2 Å². The van der Waals surface area contributed by atoms with Gasteiger partial charge >= 0.3 is 17.9 Å². The van der Waals surface area contributed by atoms with E-state index in [1.807, 2.05) is 0 Å². The first kappa shape index (κ1) is 66.4. The summed E-state index contributed by atoms with van der Waals surface area (Å²) in [6, 6.07) is 0. The van der Waals surface area contributed by atoms with Gasteiger partial charge in [-0.25, -0.2) is 0 Å². The van der Waals surface area contributed by atoms with Gasteiger partial charge in [-0.3, -0.25) is 14.4 Å². The SMILES string of the molecule is CCCCCCCCCCCCCCCC(=O)O[C@H](COC(=O)CCCCCCCCCCCCCCCCCCC(C)C)COC(=O)CCCCCCCCCCCCCCCCCC(C)C. The van der Waals surface area contributed by atoms with E-state index in [2.05, 4.69) is 34.6 Å². The smallest absolute Gasteiger partial charge is 0.306 e. The highest BCUT2D eigenvalue weighted by Gasteiger charge is 2.19. The first-order valence-electron chi connectivity index (χ1n) is 30.7. The maximum absolute atomic E-state index is 12.9. The lowest BCUT2D eigenvalue weighted by atomic mass is 10.0. The number of carbonyl (C=O) groups excluding carboxylic acids is 3. The van der Waals surface area contributed by atoms with Gasteiger partial charge in [0.2, 0.25) is 0 Å². The Kier molecular flexibility index (Phi) is 53.5. The fraction of sp³-hybridized carbons (Fsp3) is 0.952. The molecular formula is C62H120O6. The summed E-state index contributed by atoms with van der Waals surface area (Å²) in [5, 5.41) is 0. The highest BCUT2D eigenvalue weighted by Crippen LogP contribution is 2.19. The van der Waals surface area contributed by atoms with Crippen molar-refractivity contribution in [2.45, 2.75) is 355 Å². The summed E-state index contributed by atoms with van der Waals surface area (Å²) in [5.41, 5.74) is 0. The standard InChI is InChI=1S/C62H120O6/c1-6-7-8-9-10-11-12-20-29-34-39-44-49-54-62(65)68-59(56-67-61(64)53-48-43-38-33-28-24-19-15-17-22-26-31-36-41-46-51-58(4)5)55-66-60(63)52-47-42-37-32-27-23-18-14-13-16-21-25-30-35-40-45-50-57(2)3/h57-59H,6-56H2,1-5H3/t59-/m1/s1. The minimum Gasteiger partial charge on any atom is -0.462 e. The largest absolute Gasteiger partial charge is 0.462 e. The molecule has 0 aliphatic rings. The third-order valence-corrected chi connectivity index (χ3v) is 14.2. The average Bonchev–Trinajstić information content (AvgIpc) is 3.31. The number of esters is 3. The van der Waals surface area contributed by atoms with Crippen LogP contribution in [0.5, 0.6) is 0 Å². The molecule has 0 fully saturated rings. The Balaban J connectivity index is 4.25. The Morgan fingerprint density at radius 2 is 0.485 bits per heavy atom. The highest BCUT2D eigenvalue weighted by atomic mass is 16.6. The van der Waals surface area contributed by atoms with Gasteiger partial charge in [-0.05, 0) is 31.1 Å². The Hall–Kier alpha value is -1.59. The fourth-order valence-electron chi connectivity index (χ4n) is 9.58. The van der Waals surface area contributed by atoms with Gasteiger partial charge in [0.05, 0.1) is 0 Å². The molecule has 0 unspecified atom stereocenters. The molecule has 0 aromatic carbocycles. The Labute approximate surface area is 425 Å². The Morgan fingerprint density at radius 3 is 0.721 bits per heavy atom. The fourth-order valence-corrected chi connectivity index (χ4v) is 9.58. The van der Waals surface area contributed by atoms with Crippen LogP contribution >= 0.6 is 0 Å². The summed E-state index contributed by atoms with van der Waals surface area (Å²) in [4.78, 5) is 38.2. The monoisotopic (exact) mass is 961 g/mol. The van der Waals surface area contributed by atoms with Gasteiger partial charge < -0.3 is 14.2 Å². The van der Waals surface area contributed by atoms with Gasteiger partial charge in [0.15, 0.2) is 6.10 Å². The number of hydrogen-bond acceptors (Lipinski definition) is 6. The minimum atomic E-state index is -0.763. The third-order valence-electron chi connectivity index (χ3n) is 14.2. The first-order chi connectivity index (χ1) is 33.2. The maximum atomic E-state index is 12.9. The number of carbonyl (C=O) groups is 3. The van der Waals surface area contributed by atoms with E-state index in [4.69, 9.17) is 14.2 Å². The second-order valence-corrected chi connectivity index (χ2v) is 22.3. The van der Waals surface area contributed by atoms with E-state index in [1.165, 1.54) is 238 Å². The van der Waals surface area contributed by atoms with Crippen molar-refractivity contribution in [3.8, 4) is 0 Å². The van der Waals surface area contributed by atoms with Crippen molar-refractivity contribution in [2.24, 2.45) is 11.8 Å². The molecule has 0 N–H and O–H groups in total. The lowest BCUT2D eigenvalue weighted by Crippen LogP contribution is -2.30. The van der Waals surface area contributed by atoms with E-state index >= 15 is 0 Å². The molecule has 1 atom stereocenters. The van der Waals surface area contributed by atoms with Crippen molar-refractivity contribution < 1.29 is 28.6 Å². The molecule has 0 amide bonds. The quantitative estimate of drug-likeness (QED) is 0.0343. The minimum absolute atomic E-state index is 0.0620. The summed E-state index contributed by atoms with van der Waals surface area (Å²) in [7, 11) is 0. The Bertz CT molecular complexity index is 1040. The molecule has 0 heterocycles. The molecule has 0 aliphatic carbocycles. The molecule has 0 spiro atoms. The maximum Gasteiger partial charge on any atom is 0.306 e. The molecule has 0 bridgehead atoms. The molecule has 0 aromatic rings. The summed E-state index contributed by atoms with van der Waals surface area (Å²) < 4.78 is 16.9. The zero-order chi connectivity index (χ0) is 49.6. The zero-order valence-corrected chi connectivity index (χ0v) is 46.7. The van der Waals surface area contributed by atoms with Crippen LogP contribution in [0.4, 0.5) is 0 Å². The normalized spacial score (nSPS) is 12.0. The van der Waals surface area contributed by atoms with Crippen molar-refractivity contribution in [2.75, 3.05) is 13.2 Å². The van der Waals surface area contributed by atoms with E-state index in [9.17, 15) is 14.4 Å². The molecule has 6 nitrogen and oxygen atoms in total. The third kappa shape index (κ3) is 55.3. The van der Waals surface area contributed by atoms with Crippen LogP contribution < -0.4 is 0 Å². The topological polar surface area (TPSA) is 78.9 Å². The van der Waals surface area contributed by atoms with Crippen LogP contribution in [0.2, 0.25) is 0 Å². The number of rotatable bonds is 56. The zero-order valence-electron chi connectivity index (χ0n) is 46.7. The van der Waals surface area contributed by atoms with Gasteiger partial charge in [-0.15, -0.1) is 0 Å². The summed E-state index contributed by atoms with van der Waals surface area (Å²) in [6.45, 7) is 11.4. The van der Waals surface area contributed by atoms with E-state index < -0.39 is 6.10 Å². The molecule has 6 heteroatoms. The Morgan fingerprint density at radius 1 is 0.279 bits per heavy atom. The molecule has 0 saturated heterocycles. The predicted molar refractivity (Wildman–Crippen MR) is 293 cm³/mol. The predicted octanol–water partition coefficient (Wildman–Crippen LogP) is 20.4. The van der Waals surface area contributed by atoms with Gasteiger partial charge in [-0.2, -0.15) is 0 Å². The van der Waals surface area contributed by atoms with Crippen LogP contribution in [0, 0.1) is 11.8 Å². The lowest BCUT2D eigenvalue weighted by molar-refractivity contribution is -0.167. The number of ether oxygens (including phenoxy) is 3. The van der Waals surface area contributed by atoms with Crippen molar-refractivity contribution in [1.29, 1.82) is 0 Å². The second-order valence-electron chi connectivity index (χ2n) is 22.3. The molecule has 68 heavy (non-hydrogen) atoms. The van der Waals surface area contributed by atoms with Gasteiger partial charge in [0, 0.05) is 19.3 Å². The first-order valence-corrected chi connectivity index (χ1v) is 30.7. The highest BCUT2D eigenvalue weighted by molar-refractivity contribution is 5.71. The second kappa shape index (κ2) is 54.7. The van der Waals surface area contributed by atoms with Crippen LogP contribution in [0.15, 0.2) is 0 Å². The molecule has 0 radical (unpaired) electrons. The molecule has 0 aliphatic heterocycles. The van der Waals surface area contributed by atoms with Crippen LogP contribution in [0.25, 0.3) is 0 Å². The van der Waals surface area contributed by atoms with E-state index in [1.54, 1.807) is 0 Å². The van der Waals surface area contributed by atoms with Gasteiger partial charge in [-0.1, -0.05) is 311 Å². The van der Waals surface area contributed by atoms with E-state index in [0.717, 1.165) is 69.6 Å². The van der Waals surface area contributed by atoms with E-state index in [-0.39, 0.29) is 31.1 Å². The molecule has 0 saturated carbocycles.